The van der Waals surface area contributed by atoms with Gasteiger partial charge in [-0.05, 0) is 31.5 Å². The lowest BCUT2D eigenvalue weighted by Crippen LogP contribution is -2.28. The van der Waals surface area contributed by atoms with E-state index in [-0.39, 0.29) is 0 Å². The second kappa shape index (κ2) is 4.37. The molecule has 1 fully saturated rings. The fraction of sp³-hybridized carbons (Fsp3) is 0.462. The maximum absolute atomic E-state index is 5.80. The number of hydrogen-bond donors (Lipinski definition) is 1. The van der Waals surface area contributed by atoms with Crippen LogP contribution >= 0.6 is 0 Å². The van der Waals surface area contributed by atoms with E-state index >= 15 is 0 Å². The van der Waals surface area contributed by atoms with Gasteiger partial charge in [-0.2, -0.15) is 0 Å². The van der Waals surface area contributed by atoms with Gasteiger partial charge in [-0.1, -0.05) is 0 Å². The van der Waals surface area contributed by atoms with Crippen molar-refractivity contribution in [3.8, 4) is 5.75 Å². The Morgan fingerprint density at radius 3 is 3.29 bits per heavy atom. The van der Waals surface area contributed by atoms with Crippen LogP contribution in [0.25, 0.3) is 11.0 Å². The van der Waals surface area contributed by atoms with Crippen LogP contribution in [0.3, 0.4) is 0 Å². The molecule has 4 nitrogen and oxygen atoms in total. The zero-order chi connectivity index (χ0) is 11.7. The highest BCUT2D eigenvalue weighted by molar-refractivity contribution is 5.76. The van der Waals surface area contributed by atoms with Gasteiger partial charge >= 0.3 is 0 Å². The molecule has 1 aliphatic rings. The molecular weight excluding hydrogens is 214 g/mol. The summed E-state index contributed by atoms with van der Waals surface area (Å²) in [5.41, 5.74) is 2.13. The first kappa shape index (κ1) is 10.6. The van der Waals surface area contributed by atoms with Gasteiger partial charge in [-0.3, -0.25) is 0 Å². The first-order valence-corrected chi connectivity index (χ1v) is 6.10. The van der Waals surface area contributed by atoms with E-state index in [0.29, 0.717) is 6.04 Å². The second-order valence-corrected chi connectivity index (χ2v) is 4.61. The van der Waals surface area contributed by atoms with Crippen molar-refractivity contribution in [1.29, 1.82) is 0 Å². The van der Waals surface area contributed by atoms with Gasteiger partial charge in [0.05, 0.1) is 17.4 Å². The first-order chi connectivity index (χ1) is 8.33. The van der Waals surface area contributed by atoms with Crippen LogP contribution in [0.4, 0.5) is 0 Å². The summed E-state index contributed by atoms with van der Waals surface area (Å²) in [6.07, 6.45) is 4.30. The molecule has 3 rings (SSSR count). The Labute approximate surface area is 101 Å². The Bertz CT molecular complexity index is 514. The molecule has 0 bridgehead atoms. The Kier molecular flexibility index (Phi) is 2.73. The molecule has 0 radical (unpaired) electrons. The van der Waals surface area contributed by atoms with Crippen LogP contribution in [-0.4, -0.2) is 28.7 Å². The Balaban J connectivity index is 1.72. The largest absolute Gasteiger partial charge is 0.492 e. The summed E-state index contributed by atoms with van der Waals surface area (Å²) in [5.74, 6) is 0.907. The molecule has 17 heavy (non-hydrogen) atoms. The van der Waals surface area contributed by atoms with Gasteiger partial charge in [-0.15, -0.1) is 0 Å². The van der Waals surface area contributed by atoms with Crippen molar-refractivity contribution in [2.24, 2.45) is 7.05 Å². The van der Waals surface area contributed by atoms with Crippen molar-refractivity contribution in [3.05, 3.63) is 24.5 Å². The lowest BCUT2D eigenvalue weighted by Gasteiger charge is -2.11. The van der Waals surface area contributed by atoms with E-state index in [1.54, 1.807) is 0 Å². The molecule has 0 spiro atoms. The van der Waals surface area contributed by atoms with E-state index in [2.05, 4.69) is 16.4 Å². The van der Waals surface area contributed by atoms with Crippen LogP contribution < -0.4 is 10.1 Å². The third kappa shape index (κ3) is 2.13. The van der Waals surface area contributed by atoms with Crippen molar-refractivity contribution in [2.75, 3.05) is 13.2 Å². The van der Waals surface area contributed by atoms with Crippen LogP contribution in [0, 0.1) is 0 Å². The standard InChI is InChI=1S/C13H17N3O/c1-16-9-15-12-7-11(4-5-13(12)16)17-8-10-3-2-6-14-10/h4-5,7,9-10,14H,2-3,6,8H2,1H3. The summed E-state index contributed by atoms with van der Waals surface area (Å²) >= 11 is 0. The van der Waals surface area contributed by atoms with Crippen LogP contribution in [0.2, 0.25) is 0 Å². The summed E-state index contributed by atoms with van der Waals surface area (Å²) in [4.78, 5) is 4.33. The minimum absolute atomic E-state index is 0.509. The number of rotatable bonds is 3. The number of benzene rings is 1. The predicted molar refractivity (Wildman–Crippen MR) is 67.2 cm³/mol. The molecule has 0 aliphatic carbocycles. The molecule has 1 aromatic carbocycles. The minimum Gasteiger partial charge on any atom is -0.492 e. The molecule has 1 saturated heterocycles. The number of nitrogens with one attached hydrogen (secondary N) is 1. The van der Waals surface area contributed by atoms with Crippen molar-refractivity contribution < 1.29 is 4.74 Å². The van der Waals surface area contributed by atoms with E-state index in [0.717, 1.165) is 29.9 Å². The molecule has 1 aromatic heterocycles. The van der Waals surface area contributed by atoms with Gasteiger partial charge in [0.1, 0.15) is 12.4 Å². The van der Waals surface area contributed by atoms with Gasteiger partial charge < -0.3 is 14.6 Å². The number of fused-ring (bicyclic) bond motifs is 1. The molecule has 2 aromatic rings. The van der Waals surface area contributed by atoms with E-state index < -0.39 is 0 Å². The summed E-state index contributed by atoms with van der Waals surface area (Å²) in [5, 5.41) is 3.42. The number of imidazole rings is 1. The highest BCUT2D eigenvalue weighted by Gasteiger charge is 2.14. The Hall–Kier alpha value is -1.55. The van der Waals surface area contributed by atoms with Crippen LogP contribution in [-0.2, 0) is 7.05 Å². The summed E-state index contributed by atoms with van der Waals surface area (Å²) in [6, 6.07) is 6.58. The Morgan fingerprint density at radius 1 is 1.53 bits per heavy atom. The lowest BCUT2D eigenvalue weighted by molar-refractivity contribution is 0.277. The molecule has 1 unspecified atom stereocenters. The third-order valence-corrected chi connectivity index (χ3v) is 3.31. The normalized spacial score (nSPS) is 19.9. The minimum atomic E-state index is 0.509. The van der Waals surface area contributed by atoms with Crippen LogP contribution in [0.15, 0.2) is 24.5 Å². The predicted octanol–water partition coefficient (Wildman–Crippen LogP) is 1.70. The topological polar surface area (TPSA) is 39.1 Å². The number of hydrogen-bond acceptors (Lipinski definition) is 3. The monoisotopic (exact) mass is 231 g/mol. The van der Waals surface area contributed by atoms with Crippen molar-refractivity contribution in [1.82, 2.24) is 14.9 Å². The molecule has 2 heterocycles. The van der Waals surface area contributed by atoms with Gasteiger partial charge in [0.15, 0.2) is 0 Å². The number of ether oxygens (including phenoxy) is 1. The smallest absolute Gasteiger partial charge is 0.121 e. The fourth-order valence-corrected chi connectivity index (χ4v) is 2.30. The average Bonchev–Trinajstić information content (AvgIpc) is 2.97. The molecular formula is C13H17N3O. The number of aryl methyl sites for hydroxylation is 1. The maximum atomic E-state index is 5.80. The van der Waals surface area contributed by atoms with Gasteiger partial charge in [-0.25, -0.2) is 4.98 Å². The fourth-order valence-electron chi connectivity index (χ4n) is 2.30. The van der Waals surface area contributed by atoms with Crippen molar-refractivity contribution >= 4 is 11.0 Å². The highest BCUT2D eigenvalue weighted by atomic mass is 16.5. The van der Waals surface area contributed by atoms with E-state index in [1.807, 2.05) is 30.1 Å². The molecule has 0 amide bonds. The third-order valence-electron chi connectivity index (χ3n) is 3.31. The van der Waals surface area contributed by atoms with Crippen molar-refractivity contribution in [3.63, 3.8) is 0 Å². The van der Waals surface area contributed by atoms with E-state index in [4.69, 9.17) is 4.74 Å². The first-order valence-electron chi connectivity index (χ1n) is 6.10. The van der Waals surface area contributed by atoms with E-state index in [1.165, 1.54) is 12.8 Å². The van der Waals surface area contributed by atoms with Crippen LogP contribution in [0.5, 0.6) is 5.75 Å². The average molecular weight is 231 g/mol. The molecule has 0 saturated carbocycles. The van der Waals surface area contributed by atoms with Crippen molar-refractivity contribution in [2.45, 2.75) is 18.9 Å². The zero-order valence-electron chi connectivity index (χ0n) is 10.0. The molecule has 90 valence electrons. The Morgan fingerprint density at radius 2 is 2.47 bits per heavy atom. The van der Waals surface area contributed by atoms with E-state index in [9.17, 15) is 0 Å². The van der Waals surface area contributed by atoms with Gasteiger partial charge in [0.25, 0.3) is 0 Å². The molecule has 4 heteroatoms. The number of nitrogens with zero attached hydrogens (tertiary/aromatic N) is 2. The summed E-state index contributed by atoms with van der Waals surface area (Å²) < 4.78 is 7.81. The van der Waals surface area contributed by atoms with Gasteiger partial charge in [0.2, 0.25) is 0 Å². The number of aromatic nitrogens is 2. The highest BCUT2D eigenvalue weighted by Crippen LogP contribution is 2.19. The quantitative estimate of drug-likeness (QED) is 0.874. The zero-order valence-corrected chi connectivity index (χ0v) is 10.0. The van der Waals surface area contributed by atoms with Crippen LogP contribution in [0.1, 0.15) is 12.8 Å². The molecule has 1 atom stereocenters. The SMILES string of the molecule is Cn1cnc2cc(OCC3CCCN3)ccc21. The maximum Gasteiger partial charge on any atom is 0.121 e. The van der Waals surface area contributed by atoms with Gasteiger partial charge in [0, 0.05) is 19.2 Å². The summed E-state index contributed by atoms with van der Waals surface area (Å²) in [6.45, 7) is 1.87. The molecule has 1 N–H and O–H groups in total. The summed E-state index contributed by atoms with van der Waals surface area (Å²) in [7, 11) is 2.00. The lowest BCUT2D eigenvalue weighted by atomic mass is 10.2. The second-order valence-electron chi connectivity index (χ2n) is 4.61. The molecule has 1 aliphatic heterocycles.